The van der Waals surface area contributed by atoms with Crippen LogP contribution in [0.15, 0.2) is 24.3 Å². The van der Waals surface area contributed by atoms with Crippen molar-refractivity contribution in [1.82, 2.24) is 5.32 Å². The number of para-hydroxylation sites is 2. The maximum absolute atomic E-state index is 12.1. The molecule has 0 bridgehead atoms. The van der Waals surface area contributed by atoms with Crippen molar-refractivity contribution in [3.63, 3.8) is 0 Å². The zero-order valence-corrected chi connectivity index (χ0v) is 12.9. The Bertz CT molecular complexity index is 513. The number of urea groups is 1. The Morgan fingerprint density at radius 3 is 2.43 bits per heavy atom. The van der Waals surface area contributed by atoms with Crippen molar-refractivity contribution in [2.45, 2.75) is 32.2 Å². The van der Waals surface area contributed by atoms with Gasteiger partial charge in [-0.05, 0) is 32.4 Å². The van der Waals surface area contributed by atoms with E-state index >= 15 is 0 Å². The summed E-state index contributed by atoms with van der Waals surface area (Å²) in [7, 11) is 3.80. The third kappa shape index (κ3) is 5.72. The molecule has 1 aromatic rings. The van der Waals surface area contributed by atoms with Gasteiger partial charge < -0.3 is 20.6 Å². The number of hydrogen-bond donors (Lipinski definition) is 3. The van der Waals surface area contributed by atoms with Crippen molar-refractivity contribution < 1.29 is 14.7 Å². The Morgan fingerprint density at radius 1 is 1.24 bits per heavy atom. The Kier molecular flexibility index (Phi) is 5.58. The highest BCUT2D eigenvalue weighted by Gasteiger charge is 2.22. The molecule has 0 spiro atoms. The first-order valence-electron chi connectivity index (χ1n) is 6.78. The SMILES string of the molecule is CN(C)c1ccccc1NC(=O)NC(C)(C)CCC(=O)O. The first kappa shape index (κ1) is 16.8. The van der Waals surface area contributed by atoms with E-state index in [4.69, 9.17) is 5.11 Å². The summed E-state index contributed by atoms with van der Waals surface area (Å²) in [6.45, 7) is 3.60. The number of benzene rings is 1. The first-order valence-corrected chi connectivity index (χ1v) is 6.78. The smallest absolute Gasteiger partial charge is 0.319 e. The molecule has 0 saturated heterocycles. The number of aliphatic carboxylic acids is 1. The zero-order valence-electron chi connectivity index (χ0n) is 12.9. The number of carbonyl (C=O) groups is 2. The largest absolute Gasteiger partial charge is 0.481 e. The summed E-state index contributed by atoms with van der Waals surface area (Å²) in [5.74, 6) is -0.872. The number of carboxylic acids is 1. The van der Waals surface area contributed by atoms with Crippen LogP contribution in [0.3, 0.4) is 0 Å². The molecule has 2 amide bonds. The Morgan fingerprint density at radius 2 is 1.86 bits per heavy atom. The number of carboxylic acid groups (broad SMARTS) is 1. The van der Waals surface area contributed by atoms with Gasteiger partial charge in [0, 0.05) is 26.1 Å². The molecule has 0 saturated carbocycles. The van der Waals surface area contributed by atoms with Gasteiger partial charge in [-0.15, -0.1) is 0 Å². The van der Waals surface area contributed by atoms with E-state index in [0.717, 1.165) is 5.69 Å². The van der Waals surface area contributed by atoms with E-state index in [2.05, 4.69) is 10.6 Å². The molecule has 0 aliphatic carbocycles. The minimum absolute atomic E-state index is 0.0154. The minimum atomic E-state index is -0.872. The maximum atomic E-state index is 12.1. The van der Waals surface area contributed by atoms with Crippen LogP contribution in [-0.2, 0) is 4.79 Å². The third-order valence-corrected chi connectivity index (χ3v) is 3.05. The van der Waals surface area contributed by atoms with Crippen LogP contribution in [-0.4, -0.2) is 36.7 Å². The van der Waals surface area contributed by atoms with Crippen LogP contribution in [0.5, 0.6) is 0 Å². The van der Waals surface area contributed by atoms with Crippen molar-refractivity contribution >= 4 is 23.4 Å². The lowest BCUT2D eigenvalue weighted by Gasteiger charge is -2.26. The molecular weight excluding hydrogens is 270 g/mol. The van der Waals surface area contributed by atoms with Gasteiger partial charge in [-0.3, -0.25) is 4.79 Å². The van der Waals surface area contributed by atoms with Crippen LogP contribution in [0.2, 0.25) is 0 Å². The monoisotopic (exact) mass is 293 g/mol. The maximum Gasteiger partial charge on any atom is 0.319 e. The van der Waals surface area contributed by atoms with E-state index in [1.54, 1.807) is 13.8 Å². The molecule has 0 heterocycles. The minimum Gasteiger partial charge on any atom is -0.481 e. The summed E-state index contributed by atoms with van der Waals surface area (Å²) in [5, 5.41) is 14.3. The second-order valence-corrected chi connectivity index (χ2v) is 5.77. The number of rotatable bonds is 6. The van der Waals surface area contributed by atoms with Crippen molar-refractivity contribution in [1.29, 1.82) is 0 Å². The predicted octanol–water partition coefficient (Wildman–Crippen LogP) is 2.52. The zero-order chi connectivity index (χ0) is 16.0. The number of amides is 2. The van der Waals surface area contributed by atoms with Crippen molar-refractivity contribution in [3.8, 4) is 0 Å². The molecule has 0 radical (unpaired) electrons. The fourth-order valence-electron chi connectivity index (χ4n) is 1.91. The summed E-state index contributed by atoms with van der Waals surface area (Å²) in [6, 6.07) is 7.12. The van der Waals surface area contributed by atoms with Gasteiger partial charge in [0.25, 0.3) is 0 Å². The molecule has 0 atom stereocenters. The van der Waals surface area contributed by atoms with Gasteiger partial charge >= 0.3 is 12.0 Å². The standard InChI is InChI=1S/C15H23N3O3/c1-15(2,10-9-13(19)20)17-14(21)16-11-7-5-6-8-12(11)18(3)4/h5-8H,9-10H2,1-4H3,(H,19,20)(H2,16,17,21). The fourth-order valence-corrected chi connectivity index (χ4v) is 1.91. The topological polar surface area (TPSA) is 81.7 Å². The average molecular weight is 293 g/mol. The van der Waals surface area contributed by atoms with Crippen LogP contribution in [0.25, 0.3) is 0 Å². The number of nitrogens with zero attached hydrogens (tertiary/aromatic N) is 1. The molecular formula is C15H23N3O3. The van der Waals surface area contributed by atoms with Crippen molar-refractivity contribution in [2.75, 3.05) is 24.3 Å². The average Bonchev–Trinajstić information content (AvgIpc) is 2.36. The second kappa shape index (κ2) is 6.97. The number of nitrogens with one attached hydrogen (secondary N) is 2. The predicted molar refractivity (Wildman–Crippen MR) is 83.9 cm³/mol. The molecule has 1 rings (SSSR count). The molecule has 0 aromatic heterocycles. The van der Waals surface area contributed by atoms with Gasteiger partial charge in [0.1, 0.15) is 0 Å². The van der Waals surface area contributed by atoms with Crippen LogP contribution in [0.1, 0.15) is 26.7 Å². The van der Waals surface area contributed by atoms with E-state index in [-0.39, 0.29) is 12.5 Å². The molecule has 0 fully saturated rings. The van der Waals surface area contributed by atoms with Gasteiger partial charge in [-0.25, -0.2) is 4.79 Å². The Hall–Kier alpha value is -2.24. The highest BCUT2D eigenvalue weighted by molar-refractivity contribution is 5.93. The Labute approximate surface area is 125 Å². The summed E-state index contributed by atoms with van der Waals surface area (Å²) in [6.07, 6.45) is 0.382. The molecule has 6 heteroatoms. The molecule has 0 aliphatic rings. The van der Waals surface area contributed by atoms with Crippen molar-refractivity contribution in [3.05, 3.63) is 24.3 Å². The van der Waals surface area contributed by atoms with E-state index in [0.29, 0.717) is 12.1 Å². The molecule has 1 aromatic carbocycles. The quantitative estimate of drug-likeness (QED) is 0.752. The Balaban J connectivity index is 2.67. The van der Waals surface area contributed by atoms with E-state index in [9.17, 15) is 9.59 Å². The van der Waals surface area contributed by atoms with Crippen LogP contribution in [0, 0.1) is 0 Å². The molecule has 0 unspecified atom stereocenters. The van der Waals surface area contributed by atoms with Crippen LogP contribution >= 0.6 is 0 Å². The molecule has 21 heavy (non-hydrogen) atoms. The number of carbonyl (C=O) groups excluding carboxylic acids is 1. The first-order chi connectivity index (χ1) is 9.71. The van der Waals surface area contributed by atoms with E-state index in [1.807, 2.05) is 43.3 Å². The molecule has 3 N–H and O–H groups in total. The van der Waals surface area contributed by atoms with Crippen LogP contribution in [0.4, 0.5) is 16.2 Å². The summed E-state index contributed by atoms with van der Waals surface area (Å²) in [4.78, 5) is 24.6. The molecule has 0 aliphatic heterocycles. The molecule has 116 valence electrons. The van der Waals surface area contributed by atoms with E-state index < -0.39 is 11.5 Å². The van der Waals surface area contributed by atoms with Crippen molar-refractivity contribution in [2.24, 2.45) is 0 Å². The highest BCUT2D eigenvalue weighted by atomic mass is 16.4. The molecule has 6 nitrogen and oxygen atoms in total. The lowest BCUT2D eigenvalue weighted by Crippen LogP contribution is -2.45. The van der Waals surface area contributed by atoms with Gasteiger partial charge in [0.05, 0.1) is 11.4 Å². The summed E-state index contributed by atoms with van der Waals surface area (Å²) in [5.41, 5.74) is 1.01. The normalized spacial score (nSPS) is 10.9. The van der Waals surface area contributed by atoms with Gasteiger partial charge in [0.2, 0.25) is 0 Å². The van der Waals surface area contributed by atoms with E-state index in [1.165, 1.54) is 0 Å². The summed E-state index contributed by atoms with van der Waals surface area (Å²) < 4.78 is 0. The highest BCUT2D eigenvalue weighted by Crippen LogP contribution is 2.23. The number of anilines is 2. The lowest BCUT2D eigenvalue weighted by atomic mass is 9.99. The second-order valence-electron chi connectivity index (χ2n) is 5.77. The summed E-state index contributed by atoms with van der Waals surface area (Å²) >= 11 is 0. The van der Waals surface area contributed by atoms with Gasteiger partial charge in [0.15, 0.2) is 0 Å². The fraction of sp³-hybridized carbons (Fsp3) is 0.467. The third-order valence-electron chi connectivity index (χ3n) is 3.05. The van der Waals surface area contributed by atoms with Gasteiger partial charge in [-0.1, -0.05) is 12.1 Å². The van der Waals surface area contributed by atoms with Crippen LogP contribution < -0.4 is 15.5 Å². The lowest BCUT2D eigenvalue weighted by molar-refractivity contribution is -0.137. The van der Waals surface area contributed by atoms with Gasteiger partial charge in [-0.2, -0.15) is 0 Å². The number of hydrogen-bond acceptors (Lipinski definition) is 3.